The van der Waals surface area contributed by atoms with Crippen molar-refractivity contribution < 1.29 is 13.6 Å². The van der Waals surface area contributed by atoms with Crippen LogP contribution in [0.5, 0.6) is 0 Å². The van der Waals surface area contributed by atoms with Crippen molar-refractivity contribution in [3.63, 3.8) is 0 Å². The maximum atomic E-state index is 11.7. The summed E-state index contributed by atoms with van der Waals surface area (Å²) in [6, 6.07) is 0. The lowest BCUT2D eigenvalue weighted by atomic mass is 10.1. The molecular weight excluding hydrogens is 202 g/mol. The van der Waals surface area contributed by atoms with E-state index in [-0.39, 0.29) is 11.7 Å². The Morgan fingerprint density at radius 2 is 2.07 bits per heavy atom. The monoisotopic (exact) mass is 219 g/mol. The van der Waals surface area contributed by atoms with E-state index in [1.807, 2.05) is 6.92 Å². The smallest absolute Gasteiger partial charge is 0.158 e. The lowest BCUT2D eigenvalue weighted by Crippen LogP contribution is -2.32. The average molecular weight is 219 g/mol. The van der Waals surface area contributed by atoms with Gasteiger partial charge in [-0.05, 0) is 19.3 Å². The lowest BCUT2D eigenvalue weighted by molar-refractivity contribution is 0.315. The Kier molecular flexibility index (Phi) is 3.53. The van der Waals surface area contributed by atoms with Crippen LogP contribution in [-0.4, -0.2) is 30.3 Å². The van der Waals surface area contributed by atoms with Crippen LogP contribution in [0, 0.1) is 5.92 Å². The molecule has 82 valence electrons. The summed E-state index contributed by atoms with van der Waals surface area (Å²) in [5, 5.41) is 11.4. The normalized spacial score (nSPS) is 20.9. The van der Waals surface area contributed by atoms with Gasteiger partial charge in [0.2, 0.25) is 0 Å². The van der Waals surface area contributed by atoms with Crippen molar-refractivity contribution in [3.05, 3.63) is 0 Å². The van der Waals surface area contributed by atoms with E-state index in [0.717, 1.165) is 12.8 Å². The lowest BCUT2D eigenvalue weighted by Gasteiger charge is -2.15. The number of nitrogens with zero attached hydrogens (tertiary/aromatic N) is 1. The summed E-state index contributed by atoms with van der Waals surface area (Å²) in [5.41, 5.74) is 0.467. The summed E-state index contributed by atoms with van der Waals surface area (Å²) < 4.78 is 23.3. The molecule has 1 aliphatic carbocycles. The van der Waals surface area contributed by atoms with Crippen LogP contribution in [0.15, 0.2) is 5.16 Å². The van der Waals surface area contributed by atoms with Crippen molar-refractivity contribution in [1.29, 1.82) is 0 Å². The summed E-state index contributed by atoms with van der Waals surface area (Å²) in [4.78, 5) is 0. The molecule has 0 heterocycles. The van der Waals surface area contributed by atoms with Gasteiger partial charge in [0.1, 0.15) is 5.25 Å². The van der Waals surface area contributed by atoms with Crippen LogP contribution >= 0.6 is 0 Å². The molecule has 0 bridgehead atoms. The van der Waals surface area contributed by atoms with E-state index in [9.17, 15) is 8.42 Å². The van der Waals surface area contributed by atoms with Crippen molar-refractivity contribution in [3.8, 4) is 0 Å². The van der Waals surface area contributed by atoms with Crippen LogP contribution in [-0.2, 0) is 9.84 Å². The molecule has 1 aliphatic rings. The van der Waals surface area contributed by atoms with Crippen LogP contribution in [0.25, 0.3) is 0 Å². The molecule has 0 radical (unpaired) electrons. The molecule has 0 aromatic rings. The molecule has 1 rings (SSSR count). The number of rotatable bonds is 5. The van der Waals surface area contributed by atoms with Crippen molar-refractivity contribution >= 4 is 15.5 Å². The molecule has 0 saturated heterocycles. The van der Waals surface area contributed by atoms with Crippen molar-refractivity contribution in [1.82, 2.24) is 0 Å². The Labute approximate surface area is 84.9 Å². The molecular formula is C9H17NO3S. The zero-order valence-corrected chi connectivity index (χ0v) is 9.42. The molecule has 0 aromatic heterocycles. The Morgan fingerprint density at radius 3 is 2.36 bits per heavy atom. The highest BCUT2D eigenvalue weighted by atomic mass is 32.2. The molecule has 4 nitrogen and oxygen atoms in total. The number of hydrogen-bond donors (Lipinski definition) is 1. The molecule has 1 fully saturated rings. The standard InChI is InChI=1S/C9H17NO3S/c1-3-8(14(12,13)4-2)9(10-11)7-5-6-7/h7-8,11H,3-6H2,1-2H3. The third-order valence-electron chi connectivity index (χ3n) is 2.65. The minimum Gasteiger partial charge on any atom is -0.411 e. The van der Waals surface area contributed by atoms with Gasteiger partial charge in [-0.2, -0.15) is 0 Å². The topological polar surface area (TPSA) is 66.7 Å². The molecule has 0 amide bonds. The molecule has 0 aromatic carbocycles. The van der Waals surface area contributed by atoms with E-state index in [4.69, 9.17) is 5.21 Å². The number of oxime groups is 1. The third kappa shape index (κ3) is 2.26. The van der Waals surface area contributed by atoms with E-state index in [2.05, 4.69) is 5.16 Å². The zero-order valence-electron chi connectivity index (χ0n) is 8.60. The molecule has 1 atom stereocenters. The van der Waals surface area contributed by atoms with Gasteiger partial charge in [0.15, 0.2) is 9.84 Å². The second kappa shape index (κ2) is 4.29. The fraction of sp³-hybridized carbons (Fsp3) is 0.889. The molecule has 1 unspecified atom stereocenters. The summed E-state index contributed by atoms with van der Waals surface area (Å²) >= 11 is 0. The fourth-order valence-corrected chi connectivity index (χ4v) is 3.15. The second-order valence-corrected chi connectivity index (χ2v) is 6.12. The van der Waals surface area contributed by atoms with Gasteiger partial charge in [-0.1, -0.05) is 19.0 Å². The van der Waals surface area contributed by atoms with E-state index < -0.39 is 15.1 Å². The molecule has 0 aliphatic heterocycles. The zero-order chi connectivity index (χ0) is 10.8. The molecule has 5 heteroatoms. The first-order valence-electron chi connectivity index (χ1n) is 5.00. The first-order chi connectivity index (χ1) is 6.56. The molecule has 1 saturated carbocycles. The van der Waals surface area contributed by atoms with Gasteiger partial charge >= 0.3 is 0 Å². The highest BCUT2D eigenvalue weighted by Gasteiger charge is 2.38. The minimum absolute atomic E-state index is 0.108. The quantitative estimate of drug-likeness (QED) is 0.432. The predicted molar refractivity (Wildman–Crippen MR) is 55.5 cm³/mol. The Balaban J connectivity index is 2.90. The fourth-order valence-electron chi connectivity index (χ4n) is 1.64. The molecule has 0 spiro atoms. The van der Waals surface area contributed by atoms with Crippen molar-refractivity contribution in [2.24, 2.45) is 11.1 Å². The van der Waals surface area contributed by atoms with E-state index in [0.29, 0.717) is 12.1 Å². The van der Waals surface area contributed by atoms with E-state index in [1.54, 1.807) is 6.92 Å². The Bertz CT molecular complexity index is 317. The van der Waals surface area contributed by atoms with Crippen LogP contribution in [0.2, 0.25) is 0 Å². The molecule has 1 N–H and O–H groups in total. The first kappa shape index (κ1) is 11.5. The van der Waals surface area contributed by atoms with Crippen LogP contribution in [0.3, 0.4) is 0 Å². The van der Waals surface area contributed by atoms with Gasteiger partial charge in [-0.15, -0.1) is 0 Å². The highest BCUT2D eigenvalue weighted by Crippen LogP contribution is 2.34. The summed E-state index contributed by atoms with van der Waals surface area (Å²) in [6.07, 6.45) is 2.40. The van der Waals surface area contributed by atoms with Crippen molar-refractivity contribution in [2.75, 3.05) is 5.75 Å². The maximum Gasteiger partial charge on any atom is 0.158 e. The summed E-state index contributed by atoms with van der Waals surface area (Å²) in [5.74, 6) is 0.309. The largest absolute Gasteiger partial charge is 0.411 e. The number of sulfone groups is 1. The third-order valence-corrected chi connectivity index (χ3v) is 4.89. The van der Waals surface area contributed by atoms with Gasteiger partial charge in [-0.25, -0.2) is 8.42 Å². The van der Waals surface area contributed by atoms with Crippen LogP contribution in [0.4, 0.5) is 0 Å². The first-order valence-corrected chi connectivity index (χ1v) is 6.71. The molecule has 14 heavy (non-hydrogen) atoms. The second-order valence-electron chi connectivity index (χ2n) is 3.65. The van der Waals surface area contributed by atoms with Gasteiger partial charge in [0, 0.05) is 11.7 Å². The summed E-state index contributed by atoms with van der Waals surface area (Å²) in [6.45, 7) is 3.44. The van der Waals surface area contributed by atoms with E-state index >= 15 is 0 Å². The van der Waals surface area contributed by atoms with Crippen LogP contribution in [0.1, 0.15) is 33.1 Å². The van der Waals surface area contributed by atoms with Gasteiger partial charge < -0.3 is 5.21 Å². The van der Waals surface area contributed by atoms with Crippen LogP contribution < -0.4 is 0 Å². The minimum atomic E-state index is -3.12. The SMILES string of the molecule is CCC(C(=NO)C1CC1)S(=O)(=O)CC. The Morgan fingerprint density at radius 1 is 1.50 bits per heavy atom. The summed E-state index contributed by atoms with van der Waals surface area (Å²) in [7, 11) is -3.12. The predicted octanol–water partition coefficient (Wildman–Crippen LogP) is 1.44. The van der Waals surface area contributed by atoms with Gasteiger partial charge in [0.05, 0.1) is 5.71 Å². The van der Waals surface area contributed by atoms with E-state index in [1.165, 1.54) is 0 Å². The van der Waals surface area contributed by atoms with Gasteiger partial charge in [0.25, 0.3) is 0 Å². The van der Waals surface area contributed by atoms with Crippen molar-refractivity contribution in [2.45, 2.75) is 38.4 Å². The highest BCUT2D eigenvalue weighted by molar-refractivity contribution is 7.92. The average Bonchev–Trinajstić information content (AvgIpc) is 2.96. The Hall–Kier alpha value is -0.580. The maximum absolute atomic E-state index is 11.7. The van der Waals surface area contributed by atoms with Gasteiger partial charge in [-0.3, -0.25) is 0 Å². The number of hydrogen-bond acceptors (Lipinski definition) is 4.